The maximum Gasteiger partial charge on any atom is 0.207 e. The van der Waals surface area contributed by atoms with Crippen LogP contribution in [0.4, 0.5) is 29.2 Å². The van der Waals surface area contributed by atoms with Crippen molar-refractivity contribution < 1.29 is 17.6 Å². The van der Waals surface area contributed by atoms with Gasteiger partial charge in [0.05, 0.1) is 0 Å². The van der Waals surface area contributed by atoms with Crippen molar-refractivity contribution in [3.63, 3.8) is 0 Å². The fourth-order valence-corrected chi connectivity index (χ4v) is 1.74. The van der Waals surface area contributed by atoms with Crippen molar-refractivity contribution in [1.82, 2.24) is 9.55 Å². The molecule has 20 heavy (non-hydrogen) atoms. The smallest absolute Gasteiger partial charge is 0.207 e. The lowest BCUT2D eigenvalue weighted by molar-refractivity contribution is 0.459. The van der Waals surface area contributed by atoms with E-state index in [9.17, 15) is 17.6 Å². The molecule has 0 fully saturated rings. The van der Waals surface area contributed by atoms with Gasteiger partial charge in [-0.05, 0) is 6.42 Å². The van der Waals surface area contributed by atoms with Crippen molar-refractivity contribution in [3.8, 4) is 0 Å². The maximum absolute atomic E-state index is 13.5. The van der Waals surface area contributed by atoms with Gasteiger partial charge in [0.1, 0.15) is 5.69 Å². The van der Waals surface area contributed by atoms with Crippen molar-refractivity contribution in [2.75, 3.05) is 5.32 Å². The van der Waals surface area contributed by atoms with Crippen molar-refractivity contribution in [2.45, 2.75) is 26.3 Å². The summed E-state index contributed by atoms with van der Waals surface area (Å²) in [5, 5.41) is 2.30. The first-order valence-corrected chi connectivity index (χ1v) is 6.15. The predicted octanol–water partition coefficient (Wildman–Crippen LogP) is 3.98. The number of halogens is 4. The highest BCUT2D eigenvalue weighted by Crippen LogP contribution is 2.26. The number of anilines is 2. The highest BCUT2D eigenvalue weighted by Gasteiger charge is 2.20. The van der Waals surface area contributed by atoms with Gasteiger partial charge in [-0.25, -0.2) is 22.5 Å². The molecule has 2 rings (SSSR count). The molecule has 0 aliphatic carbocycles. The molecule has 1 N–H and O–H groups in total. The maximum atomic E-state index is 13.5. The van der Waals surface area contributed by atoms with Crippen LogP contribution in [0.25, 0.3) is 0 Å². The fraction of sp³-hybridized carbons (Fsp3) is 0.308. The van der Waals surface area contributed by atoms with Crippen LogP contribution >= 0.6 is 0 Å². The molecule has 0 aliphatic rings. The minimum absolute atomic E-state index is 0.126. The highest BCUT2D eigenvalue weighted by atomic mass is 19.2. The van der Waals surface area contributed by atoms with Crippen molar-refractivity contribution in [2.24, 2.45) is 0 Å². The topological polar surface area (TPSA) is 29.9 Å². The lowest BCUT2D eigenvalue weighted by atomic mass is 10.2. The van der Waals surface area contributed by atoms with Crippen molar-refractivity contribution in [3.05, 3.63) is 41.7 Å². The van der Waals surface area contributed by atoms with Gasteiger partial charge in [0, 0.05) is 25.0 Å². The van der Waals surface area contributed by atoms with Crippen LogP contribution < -0.4 is 5.32 Å². The van der Waals surface area contributed by atoms with E-state index in [0.29, 0.717) is 6.54 Å². The summed E-state index contributed by atoms with van der Waals surface area (Å²) in [7, 11) is 0. The summed E-state index contributed by atoms with van der Waals surface area (Å²) in [5.41, 5.74) is -0.883. The second-order valence-corrected chi connectivity index (χ2v) is 4.27. The number of nitrogens with zero attached hydrogens (tertiary/aromatic N) is 2. The van der Waals surface area contributed by atoms with Gasteiger partial charge in [0.25, 0.3) is 0 Å². The summed E-state index contributed by atoms with van der Waals surface area (Å²) >= 11 is 0. The molecule has 0 saturated heterocycles. The summed E-state index contributed by atoms with van der Waals surface area (Å²) < 4.78 is 54.9. The van der Waals surface area contributed by atoms with E-state index in [-0.39, 0.29) is 12.0 Å². The van der Waals surface area contributed by atoms with E-state index >= 15 is 0 Å². The number of aromatic nitrogens is 2. The Hall–Kier alpha value is -2.05. The van der Waals surface area contributed by atoms with E-state index in [2.05, 4.69) is 10.3 Å². The molecule has 2 aromatic rings. The summed E-state index contributed by atoms with van der Waals surface area (Å²) in [5.74, 6) is -5.75. The Balaban J connectivity index is 2.33. The van der Waals surface area contributed by atoms with Gasteiger partial charge in [-0.15, -0.1) is 0 Å². The Morgan fingerprint density at radius 2 is 1.80 bits per heavy atom. The minimum atomic E-state index is -1.48. The molecule has 0 amide bonds. The molecule has 0 spiro atoms. The Morgan fingerprint density at radius 1 is 1.15 bits per heavy atom. The Morgan fingerprint density at radius 3 is 2.40 bits per heavy atom. The molecule has 3 nitrogen and oxygen atoms in total. The number of hydrogen-bond acceptors (Lipinski definition) is 2. The molecular formula is C13H13F4N3. The molecule has 108 valence electrons. The fourth-order valence-electron chi connectivity index (χ4n) is 1.74. The van der Waals surface area contributed by atoms with Crippen LogP contribution in [0.5, 0.6) is 0 Å². The number of imidazole rings is 1. The Kier molecular flexibility index (Phi) is 4.26. The van der Waals surface area contributed by atoms with Crippen LogP contribution in [0.15, 0.2) is 18.5 Å². The van der Waals surface area contributed by atoms with Crippen LogP contribution in [-0.4, -0.2) is 9.55 Å². The molecule has 1 aromatic carbocycles. The SMILES string of the molecule is CCCCn1ccnc1Nc1c(F)c(F)cc(F)c1F. The van der Waals surface area contributed by atoms with Crippen LogP contribution in [0.3, 0.4) is 0 Å². The first-order valence-electron chi connectivity index (χ1n) is 6.15. The third kappa shape index (κ3) is 2.76. The summed E-state index contributed by atoms with van der Waals surface area (Å²) in [6.07, 6.45) is 4.81. The molecule has 0 bridgehead atoms. The molecule has 0 saturated carbocycles. The molecule has 7 heteroatoms. The van der Waals surface area contributed by atoms with Gasteiger partial charge in [0.2, 0.25) is 5.95 Å². The lowest BCUT2D eigenvalue weighted by Gasteiger charge is -2.11. The minimum Gasteiger partial charge on any atom is -0.321 e. The van der Waals surface area contributed by atoms with Crippen LogP contribution in [-0.2, 0) is 6.54 Å². The molecule has 1 aromatic heterocycles. The number of nitrogens with one attached hydrogen (secondary N) is 1. The van der Waals surface area contributed by atoms with E-state index in [0.717, 1.165) is 12.8 Å². The number of hydrogen-bond donors (Lipinski definition) is 1. The van der Waals surface area contributed by atoms with Crippen molar-refractivity contribution >= 4 is 11.6 Å². The van der Waals surface area contributed by atoms with E-state index in [1.165, 1.54) is 6.20 Å². The van der Waals surface area contributed by atoms with Gasteiger partial charge < -0.3 is 9.88 Å². The quantitative estimate of drug-likeness (QED) is 0.666. The van der Waals surface area contributed by atoms with Crippen molar-refractivity contribution in [1.29, 1.82) is 0 Å². The van der Waals surface area contributed by atoms with E-state index in [4.69, 9.17) is 0 Å². The number of unbranched alkanes of at least 4 members (excludes halogenated alkanes) is 1. The second kappa shape index (κ2) is 5.94. The summed E-state index contributed by atoms with van der Waals surface area (Å²) in [6, 6.07) is 0.166. The Labute approximate surface area is 113 Å². The third-order valence-corrected chi connectivity index (χ3v) is 2.82. The Bertz CT molecular complexity index is 584. The van der Waals surface area contributed by atoms with Gasteiger partial charge in [-0.2, -0.15) is 0 Å². The average molecular weight is 287 g/mol. The van der Waals surface area contributed by atoms with E-state index in [1.54, 1.807) is 10.8 Å². The highest BCUT2D eigenvalue weighted by molar-refractivity contribution is 5.56. The number of benzene rings is 1. The van der Waals surface area contributed by atoms with Gasteiger partial charge >= 0.3 is 0 Å². The zero-order valence-corrected chi connectivity index (χ0v) is 10.8. The number of aryl methyl sites for hydroxylation is 1. The lowest BCUT2D eigenvalue weighted by Crippen LogP contribution is -2.08. The van der Waals surface area contributed by atoms with Crippen LogP contribution in [0, 0.1) is 23.3 Å². The van der Waals surface area contributed by atoms with Crippen LogP contribution in [0.1, 0.15) is 19.8 Å². The molecular weight excluding hydrogens is 274 g/mol. The monoisotopic (exact) mass is 287 g/mol. The molecule has 0 unspecified atom stereocenters. The molecule has 0 aliphatic heterocycles. The molecule has 1 heterocycles. The summed E-state index contributed by atoms with van der Waals surface area (Å²) in [6.45, 7) is 2.57. The van der Waals surface area contributed by atoms with E-state index < -0.39 is 29.0 Å². The third-order valence-electron chi connectivity index (χ3n) is 2.82. The summed E-state index contributed by atoms with van der Waals surface area (Å²) in [4.78, 5) is 3.88. The largest absolute Gasteiger partial charge is 0.321 e. The van der Waals surface area contributed by atoms with Crippen LogP contribution in [0.2, 0.25) is 0 Å². The predicted molar refractivity (Wildman–Crippen MR) is 66.7 cm³/mol. The van der Waals surface area contributed by atoms with Gasteiger partial charge in [-0.1, -0.05) is 13.3 Å². The molecule has 0 atom stereocenters. The standard InChI is InChI=1S/C13H13F4N3/c1-2-3-5-20-6-4-18-13(20)19-12-10(16)8(14)7-9(15)11(12)17/h4,6-7H,2-3,5H2,1H3,(H,18,19). The average Bonchev–Trinajstić information content (AvgIpc) is 2.86. The number of rotatable bonds is 5. The molecule has 0 radical (unpaired) electrons. The normalized spacial score (nSPS) is 10.8. The van der Waals surface area contributed by atoms with E-state index in [1.807, 2.05) is 6.92 Å². The first kappa shape index (κ1) is 14.4. The zero-order chi connectivity index (χ0) is 14.7. The van der Waals surface area contributed by atoms with Gasteiger partial charge in [-0.3, -0.25) is 0 Å². The van der Waals surface area contributed by atoms with Gasteiger partial charge in [0.15, 0.2) is 23.3 Å². The first-order chi connectivity index (χ1) is 9.54. The zero-order valence-electron chi connectivity index (χ0n) is 10.8. The second-order valence-electron chi connectivity index (χ2n) is 4.27.